The Labute approximate surface area is 291 Å². The minimum absolute atomic E-state index is 0.0817. The van der Waals surface area contributed by atoms with Gasteiger partial charge in [0.1, 0.15) is 36.3 Å². The Bertz CT molecular complexity index is 1640. The Kier molecular flexibility index (Phi) is 11.4. The summed E-state index contributed by atoms with van der Waals surface area (Å²) in [5.41, 5.74) is 1.61. The zero-order chi connectivity index (χ0) is 36.1. The van der Waals surface area contributed by atoms with Crippen LogP contribution in [0.5, 0.6) is 0 Å². The van der Waals surface area contributed by atoms with E-state index < -0.39 is 78.2 Å². The fraction of sp³-hybridized carbons (Fsp3) is 0.571. The summed E-state index contributed by atoms with van der Waals surface area (Å²) in [5, 5.41) is 14.2. The summed E-state index contributed by atoms with van der Waals surface area (Å²) in [6, 6.07) is 1.66. The molecule has 3 fully saturated rings. The van der Waals surface area contributed by atoms with Crippen LogP contribution in [0.4, 0.5) is 0 Å². The molecule has 2 aromatic rings. The smallest absolute Gasteiger partial charge is 0.246 e. The molecule has 0 unspecified atom stereocenters. The number of benzene rings is 1. The summed E-state index contributed by atoms with van der Waals surface area (Å²) in [5.74, 6) is -4.08. The van der Waals surface area contributed by atoms with Crippen molar-refractivity contribution < 1.29 is 33.6 Å². The Morgan fingerprint density at radius 3 is 2.12 bits per heavy atom. The maximum atomic E-state index is 14.3. The number of para-hydroxylation sites is 1. The molecule has 270 valence electrons. The fourth-order valence-corrected chi connectivity index (χ4v) is 6.97. The number of H-pyrrole nitrogens is 1. The Morgan fingerprint density at radius 1 is 0.760 bits per heavy atom. The normalized spacial score (nSPS) is 28.5. The number of amides is 7. The molecule has 15 heteroatoms. The largest absolute Gasteiger partial charge is 0.361 e. The molecule has 3 aliphatic heterocycles. The van der Waals surface area contributed by atoms with E-state index in [2.05, 4.69) is 31.6 Å². The van der Waals surface area contributed by atoms with Crippen molar-refractivity contribution in [1.29, 1.82) is 0 Å². The van der Waals surface area contributed by atoms with Crippen LogP contribution in [0.25, 0.3) is 10.9 Å². The van der Waals surface area contributed by atoms with Crippen molar-refractivity contribution in [2.75, 3.05) is 19.6 Å². The van der Waals surface area contributed by atoms with E-state index in [0.717, 1.165) is 16.5 Å². The minimum Gasteiger partial charge on any atom is -0.361 e. The molecule has 1 aromatic carbocycles. The SMILES string of the molecule is CC[C@H](C)[C@@H]1NC(=O)[C@H](Cc2c[nH]c3ccccc23)NC(=O)[C@H](C)NC(=O)[C@H](C)NC(=O)CNC(=O)[C@@H]2CCCN2C(=O)[C@H]2CCCN2C1=O. The molecule has 7 atom stereocenters. The number of fused-ring (bicyclic) bond motifs is 3. The van der Waals surface area contributed by atoms with Crippen molar-refractivity contribution in [2.45, 2.75) is 102 Å². The van der Waals surface area contributed by atoms with Crippen LogP contribution < -0.4 is 26.6 Å². The summed E-state index contributed by atoms with van der Waals surface area (Å²) in [7, 11) is 0. The van der Waals surface area contributed by atoms with Gasteiger partial charge in [-0.2, -0.15) is 0 Å². The van der Waals surface area contributed by atoms with Gasteiger partial charge < -0.3 is 41.4 Å². The molecular formula is C35H48N8O7. The summed E-state index contributed by atoms with van der Waals surface area (Å²) in [6.07, 6.45) is 4.37. The molecule has 7 amide bonds. The van der Waals surface area contributed by atoms with Crippen LogP contribution in [0.15, 0.2) is 30.5 Å². The number of hydrogen-bond donors (Lipinski definition) is 6. The highest BCUT2D eigenvalue weighted by Crippen LogP contribution is 2.27. The van der Waals surface area contributed by atoms with Crippen LogP contribution in [-0.2, 0) is 40.0 Å². The van der Waals surface area contributed by atoms with Crippen LogP contribution in [-0.4, -0.2) is 112 Å². The number of carbonyl (C=O) groups is 7. The molecular weight excluding hydrogens is 644 g/mol. The summed E-state index contributed by atoms with van der Waals surface area (Å²) < 4.78 is 0. The maximum absolute atomic E-state index is 14.3. The van der Waals surface area contributed by atoms with E-state index >= 15 is 0 Å². The monoisotopic (exact) mass is 692 g/mol. The molecule has 3 saturated heterocycles. The first-order valence-electron chi connectivity index (χ1n) is 17.5. The molecule has 3 aliphatic rings. The Hall–Kier alpha value is -4.95. The molecule has 0 saturated carbocycles. The first-order chi connectivity index (χ1) is 23.9. The van der Waals surface area contributed by atoms with Crippen LogP contribution in [0.3, 0.4) is 0 Å². The van der Waals surface area contributed by atoms with Crippen molar-refractivity contribution in [3.8, 4) is 0 Å². The number of nitrogens with zero attached hydrogens (tertiary/aromatic N) is 2. The molecule has 0 aliphatic carbocycles. The van der Waals surface area contributed by atoms with Crippen LogP contribution in [0.1, 0.15) is 65.4 Å². The van der Waals surface area contributed by atoms with Crippen molar-refractivity contribution in [3.63, 3.8) is 0 Å². The molecule has 4 heterocycles. The van der Waals surface area contributed by atoms with Gasteiger partial charge in [-0.25, -0.2) is 0 Å². The Morgan fingerprint density at radius 2 is 1.40 bits per heavy atom. The van der Waals surface area contributed by atoms with E-state index in [-0.39, 0.29) is 18.2 Å². The van der Waals surface area contributed by atoms with Crippen LogP contribution in [0.2, 0.25) is 0 Å². The third-order valence-electron chi connectivity index (χ3n) is 10.1. The molecule has 15 nitrogen and oxygen atoms in total. The lowest BCUT2D eigenvalue weighted by atomic mass is 9.96. The third-order valence-corrected chi connectivity index (χ3v) is 10.1. The van der Waals surface area contributed by atoms with Gasteiger partial charge in [-0.3, -0.25) is 33.6 Å². The second-order valence-electron chi connectivity index (χ2n) is 13.6. The second-order valence-corrected chi connectivity index (χ2v) is 13.6. The van der Waals surface area contributed by atoms with Gasteiger partial charge in [0.05, 0.1) is 6.54 Å². The number of nitrogens with one attached hydrogen (secondary N) is 6. The summed E-state index contributed by atoms with van der Waals surface area (Å²) in [6.45, 7) is 6.88. The van der Waals surface area contributed by atoms with Gasteiger partial charge in [-0.15, -0.1) is 0 Å². The molecule has 50 heavy (non-hydrogen) atoms. The zero-order valence-electron chi connectivity index (χ0n) is 29.0. The van der Waals surface area contributed by atoms with E-state index in [9.17, 15) is 33.6 Å². The molecule has 6 N–H and O–H groups in total. The van der Waals surface area contributed by atoms with Gasteiger partial charge in [-0.05, 0) is 57.1 Å². The number of carbonyl (C=O) groups excluding carboxylic acids is 7. The van der Waals surface area contributed by atoms with Gasteiger partial charge in [-0.1, -0.05) is 38.5 Å². The Balaban J connectivity index is 1.48. The van der Waals surface area contributed by atoms with E-state index in [4.69, 9.17) is 0 Å². The van der Waals surface area contributed by atoms with Gasteiger partial charge in [0, 0.05) is 36.6 Å². The number of aromatic nitrogens is 1. The van der Waals surface area contributed by atoms with Gasteiger partial charge >= 0.3 is 0 Å². The second kappa shape index (κ2) is 15.7. The van der Waals surface area contributed by atoms with Crippen molar-refractivity contribution in [2.24, 2.45) is 5.92 Å². The molecule has 0 bridgehead atoms. The molecule has 0 radical (unpaired) electrons. The highest BCUT2D eigenvalue weighted by atomic mass is 16.2. The fourth-order valence-electron chi connectivity index (χ4n) is 6.97. The van der Waals surface area contributed by atoms with Gasteiger partial charge in [0.25, 0.3) is 0 Å². The quantitative estimate of drug-likeness (QED) is 0.256. The van der Waals surface area contributed by atoms with Crippen LogP contribution >= 0.6 is 0 Å². The van der Waals surface area contributed by atoms with Crippen molar-refractivity contribution in [1.82, 2.24) is 41.4 Å². The van der Waals surface area contributed by atoms with Gasteiger partial charge in [0.15, 0.2) is 0 Å². The first-order valence-corrected chi connectivity index (χ1v) is 17.5. The molecule has 1 aromatic heterocycles. The minimum atomic E-state index is -1.13. The summed E-state index contributed by atoms with van der Waals surface area (Å²) >= 11 is 0. The highest BCUT2D eigenvalue weighted by Gasteiger charge is 2.44. The average Bonchev–Trinajstić information content (AvgIpc) is 3.88. The van der Waals surface area contributed by atoms with Gasteiger partial charge in [0.2, 0.25) is 41.4 Å². The zero-order valence-corrected chi connectivity index (χ0v) is 29.0. The number of hydrogen-bond acceptors (Lipinski definition) is 7. The summed E-state index contributed by atoms with van der Waals surface area (Å²) in [4.78, 5) is 101. The van der Waals surface area contributed by atoms with Crippen molar-refractivity contribution >= 4 is 52.3 Å². The average molecular weight is 693 g/mol. The van der Waals surface area contributed by atoms with E-state index in [1.807, 2.05) is 38.1 Å². The predicted molar refractivity (Wildman–Crippen MR) is 183 cm³/mol. The van der Waals surface area contributed by atoms with E-state index in [0.29, 0.717) is 45.2 Å². The third kappa shape index (κ3) is 7.92. The lowest BCUT2D eigenvalue weighted by Gasteiger charge is -2.34. The highest BCUT2D eigenvalue weighted by molar-refractivity contribution is 5.98. The maximum Gasteiger partial charge on any atom is 0.246 e. The standard InChI is InChI=1S/C35H48N8O7/c1-5-19(2)29-35(50)43-15-9-13-27(43)34(49)42-14-8-12-26(42)33(48)37-18-28(44)38-20(3)30(45)39-21(4)31(46)40-25(32(47)41-29)16-22-17-36-24-11-7-6-10-23(22)24/h6-7,10-11,17,19-21,25-27,29,36H,5,8-9,12-16,18H2,1-4H3,(H,37,48)(H,38,44)(H,39,45)(H,40,46)(H,41,47)/t19-,20-,21-,25-,26-,27+,29-/m0/s1. The van der Waals surface area contributed by atoms with E-state index in [1.165, 1.54) is 23.6 Å². The topological polar surface area (TPSA) is 202 Å². The van der Waals surface area contributed by atoms with E-state index in [1.54, 1.807) is 6.20 Å². The van der Waals surface area contributed by atoms with Crippen molar-refractivity contribution in [3.05, 3.63) is 36.0 Å². The van der Waals surface area contributed by atoms with Crippen LogP contribution in [0, 0.1) is 5.92 Å². The predicted octanol–water partition coefficient (Wildman–Crippen LogP) is -0.153. The number of aromatic amines is 1. The lowest BCUT2D eigenvalue weighted by molar-refractivity contribution is -0.148. The molecule has 0 spiro atoms. The first kappa shape index (κ1) is 36.3. The number of rotatable bonds is 4. The lowest BCUT2D eigenvalue weighted by Crippen LogP contribution is -2.60. The molecule has 5 rings (SSSR count).